The maximum atomic E-state index is 11.1. The third kappa shape index (κ3) is 7.92. The summed E-state index contributed by atoms with van der Waals surface area (Å²) in [6, 6.07) is 0. The molecule has 0 aromatic heterocycles. The number of sulfone groups is 1. The Morgan fingerprint density at radius 1 is 1.45 bits per heavy atom. The predicted octanol–water partition coefficient (Wildman–Crippen LogP) is 1.44. The number of halogens is 1. The number of nitrogens with zero attached hydrogens (tertiary/aromatic N) is 2. The van der Waals surface area contributed by atoms with Crippen LogP contribution in [-0.2, 0) is 9.84 Å². The minimum atomic E-state index is -2.87. The van der Waals surface area contributed by atoms with E-state index in [1.807, 2.05) is 11.8 Å². The normalized spacial score (nSPS) is 19.4. The van der Waals surface area contributed by atoms with E-state index in [0.717, 1.165) is 24.8 Å². The van der Waals surface area contributed by atoms with Gasteiger partial charge >= 0.3 is 0 Å². The predicted molar refractivity (Wildman–Crippen MR) is 99.2 cm³/mol. The van der Waals surface area contributed by atoms with Crippen LogP contribution in [0.5, 0.6) is 0 Å². The third-order valence-electron chi connectivity index (χ3n) is 2.91. The molecule has 1 N–H and O–H groups in total. The van der Waals surface area contributed by atoms with E-state index in [0.29, 0.717) is 13.0 Å². The lowest BCUT2D eigenvalue weighted by Gasteiger charge is -2.39. The van der Waals surface area contributed by atoms with E-state index in [1.165, 1.54) is 6.26 Å². The molecule has 0 spiro atoms. The van der Waals surface area contributed by atoms with E-state index >= 15 is 0 Å². The number of nitrogens with one attached hydrogen (secondary N) is 1. The van der Waals surface area contributed by atoms with Crippen molar-refractivity contribution in [2.75, 3.05) is 44.4 Å². The summed E-state index contributed by atoms with van der Waals surface area (Å²) in [5, 5.41) is 3.25. The zero-order valence-corrected chi connectivity index (χ0v) is 16.6. The van der Waals surface area contributed by atoms with Crippen LogP contribution < -0.4 is 5.32 Å². The number of thioether (sulfide) groups is 1. The van der Waals surface area contributed by atoms with Crippen LogP contribution in [0.2, 0.25) is 0 Å². The second-order valence-corrected chi connectivity index (χ2v) is 9.55. The molecule has 5 nitrogen and oxygen atoms in total. The van der Waals surface area contributed by atoms with Crippen LogP contribution in [0.15, 0.2) is 4.99 Å². The van der Waals surface area contributed by atoms with Crippen molar-refractivity contribution < 1.29 is 8.42 Å². The Morgan fingerprint density at radius 3 is 2.60 bits per heavy atom. The number of rotatable bonds is 4. The Morgan fingerprint density at radius 2 is 2.10 bits per heavy atom. The van der Waals surface area contributed by atoms with Crippen LogP contribution in [0.25, 0.3) is 0 Å². The molecule has 1 rings (SSSR count). The highest BCUT2D eigenvalue weighted by Gasteiger charge is 2.28. The Hall–Kier alpha value is 0.300. The van der Waals surface area contributed by atoms with E-state index in [4.69, 9.17) is 0 Å². The topological polar surface area (TPSA) is 61.8 Å². The first kappa shape index (κ1) is 20.3. The van der Waals surface area contributed by atoms with Crippen LogP contribution in [0.4, 0.5) is 0 Å². The van der Waals surface area contributed by atoms with Crippen LogP contribution in [0, 0.1) is 0 Å². The minimum Gasteiger partial charge on any atom is -0.356 e. The quantitative estimate of drug-likeness (QED) is 0.314. The first-order valence-corrected chi connectivity index (χ1v) is 9.55. The second-order valence-electron chi connectivity index (χ2n) is 5.49. The Balaban J connectivity index is 0.00000361. The Labute approximate surface area is 144 Å². The molecule has 0 radical (unpaired) electrons. The van der Waals surface area contributed by atoms with Crippen LogP contribution >= 0.6 is 35.7 Å². The molecule has 1 aliphatic rings. The standard InChI is InChI=1S/C12H25N3O2S2.HI/c1-12(2)10-15(7-8-18-12)11(13-3)14-6-5-9-19(4,16)17;/h5-10H2,1-4H3,(H,13,14);1H. The molecule has 120 valence electrons. The molecule has 0 unspecified atom stereocenters. The maximum Gasteiger partial charge on any atom is 0.193 e. The van der Waals surface area contributed by atoms with Gasteiger partial charge in [-0.1, -0.05) is 0 Å². The Bertz CT molecular complexity index is 424. The fraction of sp³-hybridized carbons (Fsp3) is 0.917. The van der Waals surface area contributed by atoms with Gasteiger partial charge in [0.05, 0.1) is 5.75 Å². The van der Waals surface area contributed by atoms with E-state index in [9.17, 15) is 8.42 Å². The molecular weight excluding hydrogens is 409 g/mol. The first-order valence-electron chi connectivity index (χ1n) is 6.51. The SMILES string of the molecule is CN=C(NCCCS(C)(=O)=O)N1CCSC(C)(C)C1.I. The van der Waals surface area contributed by atoms with Crippen LogP contribution in [0.3, 0.4) is 0 Å². The fourth-order valence-electron chi connectivity index (χ4n) is 2.06. The van der Waals surface area contributed by atoms with Crippen molar-refractivity contribution in [2.24, 2.45) is 4.99 Å². The van der Waals surface area contributed by atoms with Crippen molar-refractivity contribution >= 4 is 51.5 Å². The van der Waals surface area contributed by atoms with Gasteiger partial charge in [0.15, 0.2) is 5.96 Å². The molecule has 1 saturated heterocycles. The molecule has 1 heterocycles. The fourth-order valence-corrected chi connectivity index (χ4v) is 3.84. The van der Waals surface area contributed by atoms with E-state index < -0.39 is 9.84 Å². The number of guanidine groups is 1. The monoisotopic (exact) mass is 435 g/mol. The van der Waals surface area contributed by atoms with Gasteiger partial charge in [-0.3, -0.25) is 4.99 Å². The van der Waals surface area contributed by atoms with Gasteiger partial charge in [-0.05, 0) is 20.3 Å². The molecular formula is C12H26IN3O2S2. The smallest absolute Gasteiger partial charge is 0.193 e. The van der Waals surface area contributed by atoms with Crippen molar-refractivity contribution in [3.63, 3.8) is 0 Å². The summed E-state index contributed by atoms with van der Waals surface area (Å²) < 4.78 is 22.4. The Kier molecular flexibility index (Phi) is 8.80. The minimum absolute atomic E-state index is 0. The zero-order valence-electron chi connectivity index (χ0n) is 12.7. The third-order valence-corrected chi connectivity index (χ3v) is 5.24. The highest BCUT2D eigenvalue weighted by atomic mass is 127. The molecule has 1 aliphatic heterocycles. The summed E-state index contributed by atoms with van der Waals surface area (Å²) in [6.07, 6.45) is 1.88. The highest BCUT2D eigenvalue weighted by molar-refractivity contribution is 14.0. The zero-order chi connectivity index (χ0) is 14.5. The van der Waals surface area contributed by atoms with Gasteiger partial charge in [-0.25, -0.2) is 8.42 Å². The van der Waals surface area contributed by atoms with Crippen LogP contribution in [-0.4, -0.2) is 68.5 Å². The van der Waals surface area contributed by atoms with Gasteiger partial charge in [0.1, 0.15) is 9.84 Å². The van der Waals surface area contributed by atoms with E-state index in [2.05, 4.69) is 29.1 Å². The van der Waals surface area contributed by atoms with Gasteiger partial charge in [0, 0.05) is 43.4 Å². The summed E-state index contributed by atoms with van der Waals surface area (Å²) in [5.41, 5.74) is 0. The molecule has 1 fully saturated rings. The summed E-state index contributed by atoms with van der Waals surface area (Å²) in [5.74, 6) is 2.19. The van der Waals surface area contributed by atoms with Gasteiger partial charge in [-0.15, -0.1) is 24.0 Å². The highest BCUT2D eigenvalue weighted by Crippen LogP contribution is 2.29. The van der Waals surface area contributed by atoms with Gasteiger partial charge in [0.25, 0.3) is 0 Å². The van der Waals surface area contributed by atoms with Gasteiger partial charge < -0.3 is 10.2 Å². The maximum absolute atomic E-state index is 11.1. The summed E-state index contributed by atoms with van der Waals surface area (Å²) in [4.78, 5) is 6.53. The average molecular weight is 435 g/mol. The molecule has 0 bridgehead atoms. The van der Waals surface area contributed by atoms with Crippen molar-refractivity contribution in [3.05, 3.63) is 0 Å². The number of hydrogen-bond acceptors (Lipinski definition) is 4. The molecule has 0 atom stereocenters. The van der Waals surface area contributed by atoms with Crippen molar-refractivity contribution in [3.8, 4) is 0 Å². The molecule has 0 aromatic rings. The van der Waals surface area contributed by atoms with E-state index in [-0.39, 0.29) is 34.5 Å². The summed E-state index contributed by atoms with van der Waals surface area (Å²) in [6.45, 7) is 7.06. The molecule has 20 heavy (non-hydrogen) atoms. The molecule has 0 aromatic carbocycles. The lowest BCUT2D eigenvalue weighted by Crippen LogP contribution is -2.51. The van der Waals surface area contributed by atoms with Crippen molar-refractivity contribution in [1.29, 1.82) is 0 Å². The van der Waals surface area contributed by atoms with Crippen molar-refractivity contribution in [2.45, 2.75) is 25.0 Å². The van der Waals surface area contributed by atoms with Gasteiger partial charge in [0.2, 0.25) is 0 Å². The number of hydrogen-bond donors (Lipinski definition) is 1. The van der Waals surface area contributed by atoms with E-state index in [1.54, 1.807) is 7.05 Å². The summed E-state index contributed by atoms with van der Waals surface area (Å²) >= 11 is 1.98. The number of aliphatic imine (C=N–C) groups is 1. The summed E-state index contributed by atoms with van der Waals surface area (Å²) in [7, 11) is -1.10. The second kappa shape index (κ2) is 8.67. The molecule has 0 aliphatic carbocycles. The van der Waals surface area contributed by atoms with Crippen LogP contribution in [0.1, 0.15) is 20.3 Å². The van der Waals surface area contributed by atoms with Gasteiger partial charge in [-0.2, -0.15) is 11.8 Å². The molecule has 0 amide bonds. The van der Waals surface area contributed by atoms with Crippen molar-refractivity contribution in [1.82, 2.24) is 10.2 Å². The average Bonchev–Trinajstić information content (AvgIpc) is 2.26. The lowest BCUT2D eigenvalue weighted by molar-refractivity contribution is 0.376. The first-order chi connectivity index (χ1) is 8.73. The molecule has 0 saturated carbocycles. The lowest BCUT2D eigenvalue weighted by atomic mass is 10.2. The largest absolute Gasteiger partial charge is 0.356 e. The molecule has 8 heteroatoms.